The zero-order chi connectivity index (χ0) is 16.0. The third kappa shape index (κ3) is 3.01. The number of hydrogen-bond acceptors (Lipinski definition) is 5. The molecule has 1 aromatic heterocycles. The smallest absolute Gasteiger partial charge is 0.223 e. The first-order chi connectivity index (χ1) is 11.0. The predicted molar refractivity (Wildman–Crippen MR) is 84.6 cm³/mol. The molecular weight excluding hydrogens is 292 g/mol. The van der Waals surface area contributed by atoms with E-state index in [9.17, 15) is 4.79 Å². The molecule has 1 unspecified atom stereocenters. The van der Waals surface area contributed by atoms with Crippen LogP contribution in [0.15, 0.2) is 4.52 Å². The van der Waals surface area contributed by atoms with Crippen molar-refractivity contribution < 1.29 is 9.32 Å². The molecule has 1 aliphatic carbocycles. The molecule has 0 radical (unpaired) electrons. The van der Waals surface area contributed by atoms with Crippen LogP contribution >= 0.6 is 0 Å². The molecule has 1 amide bonds. The first kappa shape index (κ1) is 15.1. The summed E-state index contributed by atoms with van der Waals surface area (Å²) >= 11 is 0. The average molecular weight is 318 g/mol. The molecule has 1 spiro atoms. The number of hydrogen-bond donors (Lipinski definition) is 0. The molecule has 2 saturated heterocycles. The maximum Gasteiger partial charge on any atom is 0.223 e. The summed E-state index contributed by atoms with van der Waals surface area (Å²) in [6, 6.07) is 0.251. The van der Waals surface area contributed by atoms with Crippen molar-refractivity contribution in [1.82, 2.24) is 19.9 Å². The summed E-state index contributed by atoms with van der Waals surface area (Å²) in [6.45, 7) is 4.73. The van der Waals surface area contributed by atoms with Gasteiger partial charge in [0, 0.05) is 33.0 Å². The van der Waals surface area contributed by atoms with Gasteiger partial charge in [-0.1, -0.05) is 5.16 Å². The molecule has 3 aliphatic rings. The molecule has 1 atom stereocenters. The highest BCUT2D eigenvalue weighted by Crippen LogP contribution is 2.47. The van der Waals surface area contributed by atoms with Crippen molar-refractivity contribution in [2.24, 2.45) is 11.3 Å². The minimum absolute atomic E-state index is 0.251. The largest absolute Gasteiger partial charge is 0.343 e. The summed E-state index contributed by atoms with van der Waals surface area (Å²) in [5, 5.41) is 4.12. The lowest BCUT2D eigenvalue weighted by Crippen LogP contribution is -2.44. The Morgan fingerprint density at radius 2 is 2.09 bits per heavy atom. The molecular formula is C17H26N4O2. The maximum absolute atomic E-state index is 12.3. The predicted octanol–water partition coefficient (Wildman–Crippen LogP) is 2.16. The number of aryl methyl sites for hydroxylation is 1. The van der Waals surface area contributed by atoms with Gasteiger partial charge in [-0.15, -0.1) is 0 Å². The number of nitrogens with zero attached hydrogens (tertiary/aromatic N) is 4. The van der Waals surface area contributed by atoms with E-state index < -0.39 is 0 Å². The molecule has 126 valence electrons. The Labute approximate surface area is 137 Å². The van der Waals surface area contributed by atoms with Crippen LogP contribution < -0.4 is 0 Å². The lowest BCUT2D eigenvalue weighted by molar-refractivity contribution is -0.133. The van der Waals surface area contributed by atoms with Gasteiger partial charge in [0.1, 0.15) is 0 Å². The average Bonchev–Trinajstić information content (AvgIpc) is 3.14. The van der Waals surface area contributed by atoms with Gasteiger partial charge >= 0.3 is 0 Å². The van der Waals surface area contributed by atoms with Crippen molar-refractivity contribution in [3.05, 3.63) is 11.7 Å². The Morgan fingerprint density at radius 3 is 2.70 bits per heavy atom. The highest BCUT2D eigenvalue weighted by molar-refractivity contribution is 5.76. The first-order valence-corrected chi connectivity index (χ1v) is 8.83. The number of rotatable bonds is 3. The Hall–Kier alpha value is -1.43. The molecule has 4 rings (SSSR count). The van der Waals surface area contributed by atoms with Crippen molar-refractivity contribution in [1.29, 1.82) is 0 Å². The van der Waals surface area contributed by atoms with E-state index in [1.165, 1.54) is 12.8 Å². The second-order valence-electron chi connectivity index (χ2n) is 7.83. The normalized spacial score (nSPS) is 27.7. The fourth-order valence-electron chi connectivity index (χ4n) is 4.30. The highest BCUT2D eigenvalue weighted by atomic mass is 16.5. The van der Waals surface area contributed by atoms with Crippen LogP contribution in [0.25, 0.3) is 0 Å². The van der Waals surface area contributed by atoms with Crippen LogP contribution in [0.1, 0.15) is 56.3 Å². The molecule has 23 heavy (non-hydrogen) atoms. The second kappa shape index (κ2) is 5.58. The van der Waals surface area contributed by atoms with E-state index in [0.29, 0.717) is 23.1 Å². The van der Waals surface area contributed by atoms with Crippen molar-refractivity contribution in [3.63, 3.8) is 0 Å². The van der Waals surface area contributed by atoms with Gasteiger partial charge in [0.25, 0.3) is 0 Å². The van der Waals surface area contributed by atoms with Crippen molar-refractivity contribution in [3.8, 4) is 0 Å². The van der Waals surface area contributed by atoms with Crippen molar-refractivity contribution >= 4 is 5.91 Å². The zero-order valence-corrected chi connectivity index (χ0v) is 14.1. The van der Waals surface area contributed by atoms with Gasteiger partial charge in [-0.2, -0.15) is 4.98 Å². The zero-order valence-electron chi connectivity index (χ0n) is 14.1. The number of piperidine rings is 1. The van der Waals surface area contributed by atoms with Crippen LogP contribution in [0, 0.1) is 18.3 Å². The van der Waals surface area contributed by atoms with Gasteiger partial charge in [0.15, 0.2) is 5.82 Å². The van der Waals surface area contributed by atoms with Gasteiger partial charge in [-0.3, -0.25) is 9.69 Å². The third-order valence-corrected chi connectivity index (χ3v) is 5.92. The molecule has 0 bridgehead atoms. The molecule has 1 aromatic rings. The topological polar surface area (TPSA) is 62.5 Å². The summed E-state index contributed by atoms with van der Waals surface area (Å²) in [5.41, 5.74) is 0.310. The van der Waals surface area contributed by atoms with Crippen molar-refractivity contribution in [2.75, 3.05) is 26.7 Å². The molecule has 0 N–H and O–H groups in total. The van der Waals surface area contributed by atoms with Gasteiger partial charge < -0.3 is 9.42 Å². The van der Waals surface area contributed by atoms with Crippen LogP contribution in [0.5, 0.6) is 0 Å². The van der Waals surface area contributed by atoms with Gasteiger partial charge in [0.2, 0.25) is 11.8 Å². The number of carbonyl (C=O) groups excluding carboxylic acids is 1. The molecule has 6 nitrogen and oxygen atoms in total. The fourth-order valence-corrected chi connectivity index (χ4v) is 4.30. The van der Waals surface area contributed by atoms with Gasteiger partial charge in [0.05, 0.1) is 6.04 Å². The Kier molecular flexibility index (Phi) is 3.67. The number of aromatic nitrogens is 2. The summed E-state index contributed by atoms with van der Waals surface area (Å²) in [7, 11) is 2.15. The van der Waals surface area contributed by atoms with E-state index in [0.717, 1.165) is 51.1 Å². The third-order valence-electron chi connectivity index (χ3n) is 5.92. The summed E-state index contributed by atoms with van der Waals surface area (Å²) < 4.78 is 5.15. The SMILES string of the molecule is Cc1nc(C2CC3(CCN(C(=O)CC4CC4)CC3)CN2C)no1. The van der Waals surface area contributed by atoms with E-state index in [-0.39, 0.29) is 6.04 Å². The quantitative estimate of drug-likeness (QED) is 0.854. The second-order valence-corrected chi connectivity index (χ2v) is 7.83. The monoisotopic (exact) mass is 318 g/mol. The number of carbonyl (C=O) groups is 1. The van der Waals surface area contributed by atoms with E-state index in [4.69, 9.17) is 4.52 Å². The summed E-state index contributed by atoms with van der Waals surface area (Å²) in [6.07, 6.45) is 6.55. The van der Waals surface area contributed by atoms with Crippen LogP contribution in [0.2, 0.25) is 0 Å². The van der Waals surface area contributed by atoms with Gasteiger partial charge in [-0.25, -0.2) is 0 Å². The maximum atomic E-state index is 12.3. The van der Waals surface area contributed by atoms with Crippen molar-refractivity contribution in [2.45, 2.75) is 51.5 Å². The Bertz CT molecular complexity index is 587. The lowest BCUT2D eigenvalue weighted by Gasteiger charge is -2.39. The van der Waals surface area contributed by atoms with E-state index in [1.807, 2.05) is 6.92 Å². The molecule has 6 heteroatoms. The highest BCUT2D eigenvalue weighted by Gasteiger charge is 2.46. The number of likely N-dealkylation sites (tertiary alicyclic amines) is 2. The van der Waals surface area contributed by atoms with E-state index >= 15 is 0 Å². The summed E-state index contributed by atoms with van der Waals surface area (Å²) in [4.78, 5) is 21.2. The lowest BCUT2D eigenvalue weighted by atomic mass is 9.76. The van der Waals surface area contributed by atoms with Crippen LogP contribution in [-0.4, -0.2) is 52.5 Å². The van der Waals surface area contributed by atoms with Crippen LogP contribution in [-0.2, 0) is 4.79 Å². The van der Waals surface area contributed by atoms with Gasteiger partial charge in [-0.05, 0) is 50.5 Å². The number of amides is 1. The Balaban J connectivity index is 1.38. The minimum Gasteiger partial charge on any atom is -0.343 e. The minimum atomic E-state index is 0.251. The molecule has 1 saturated carbocycles. The van der Waals surface area contributed by atoms with Crippen LogP contribution in [0.3, 0.4) is 0 Å². The first-order valence-electron chi connectivity index (χ1n) is 8.83. The molecule has 0 aromatic carbocycles. The standard InChI is InChI=1S/C17H26N4O2/c1-12-18-16(19-23-12)14-10-17(11-20(14)2)5-7-21(8-6-17)15(22)9-13-3-4-13/h13-14H,3-11H2,1-2H3. The fraction of sp³-hybridized carbons (Fsp3) is 0.824. The van der Waals surface area contributed by atoms with E-state index in [2.05, 4.69) is 27.0 Å². The van der Waals surface area contributed by atoms with Crippen LogP contribution in [0.4, 0.5) is 0 Å². The Morgan fingerprint density at radius 1 is 1.35 bits per heavy atom. The molecule has 3 heterocycles. The molecule has 2 aliphatic heterocycles. The summed E-state index contributed by atoms with van der Waals surface area (Å²) in [5.74, 6) is 2.50. The molecule has 3 fully saturated rings. The van der Waals surface area contributed by atoms with E-state index in [1.54, 1.807) is 0 Å².